The Labute approximate surface area is 193 Å². The molecule has 8 heteroatoms. The summed E-state index contributed by atoms with van der Waals surface area (Å²) in [6.45, 7) is 4.18. The molecule has 1 saturated heterocycles. The van der Waals surface area contributed by atoms with Crippen LogP contribution in [0.25, 0.3) is 0 Å². The average molecular weight is 481 g/mol. The lowest BCUT2D eigenvalue weighted by Gasteiger charge is -2.40. The second-order valence-corrected chi connectivity index (χ2v) is 11.7. The molecule has 0 spiro atoms. The highest BCUT2D eigenvalue weighted by Gasteiger charge is 2.41. The molecule has 0 bridgehead atoms. The minimum Gasteiger partial charge on any atom is -0.484 e. The van der Waals surface area contributed by atoms with Crippen molar-refractivity contribution in [3.63, 3.8) is 0 Å². The van der Waals surface area contributed by atoms with Gasteiger partial charge in [-0.3, -0.25) is 9.80 Å². The molecular formula is C23H26Cl2N2O3S. The zero-order valence-corrected chi connectivity index (χ0v) is 19.8. The number of rotatable bonds is 5. The minimum absolute atomic E-state index is 0.168. The fraction of sp³-hybridized carbons (Fsp3) is 0.478. The van der Waals surface area contributed by atoms with Crippen LogP contribution in [0.5, 0.6) is 5.75 Å². The van der Waals surface area contributed by atoms with Gasteiger partial charge >= 0.3 is 0 Å². The molecule has 0 N–H and O–H groups in total. The number of hydrogen-bond donors (Lipinski definition) is 0. The Bertz CT molecular complexity index is 1080. The molecule has 1 aliphatic heterocycles. The van der Waals surface area contributed by atoms with Gasteiger partial charge in [0.25, 0.3) is 0 Å². The molecule has 2 aromatic rings. The number of halogens is 2. The maximum Gasteiger partial charge on any atom is 0.175 e. The van der Waals surface area contributed by atoms with Gasteiger partial charge < -0.3 is 4.74 Å². The van der Waals surface area contributed by atoms with Gasteiger partial charge in [0.15, 0.2) is 9.84 Å². The van der Waals surface area contributed by atoms with Crippen molar-refractivity contribution in [2.24, 2.45) is 0 Å². The molecule has 0 amide bonds. The van der Waals surface area contributed by atoms with E-state index in [1.807, 2.05) is 6.07 Å². The van der Waals surface area contributed by atoms with E-state index in [9.17, 15) is 8.42 Å². The minimum atomic E-state index is -3.25. The highest BCUT2D eigenvalue weighted by atomic mass is 35.5. The normalized spacial score (nSPS) is 24.9. The van der Waals surface area contributed by atoms with E-state index < -0.39 is 9.84 Å². The summed E-state index contributed by atoms with van der Waals surface area (Å²) in [5.41, 5.74) is 2.12. The first-order valence-electron chi connectivity index (χ1n) is 10.7. The van der Waals surface area contributed by atoms with Gasteiger partial charge in [-0.2, -0.15) is 0 Å². The molecule has 0 aromatic heterocycles. The first-order valence-corrected chi connectivity index (χ1v) is 13.4. The summed E-state index contributed by atoms with van der Waals surface area (Å²) in [6.07, 6.45) is 4.48. The number of nitrogens with zero attached hydrogens (tertiary/aromatic N) is 2. The molecule has 2 unspecified atom stereocenters. The monoisotopic (exact) mass is 480 g/mol. The molecule has 1 heterocycles. The molecule has 1 saturated carbocycles. The standard InChI is InChI=1S/C23H26Cl2N2O3S/c1-31(28,29)18-6-4-17(5-7-18)30-23-20-12-15(24)13-21(25)19(20)14-22(23)27-10-8-26(9-11-27)16-2-3-16/h4-7,12-13,16,22-23H,2-3,8-11,14H2,1H3. The van der Waals surface area contributed by atoms with E-state index in [2.05, 4.69) is 9.80 Å². The maximum atomic E-state index is 11.8. The zero-order valence-electron chi connectivity index (χ0n) is 17.4. The Morgan fingerprint density at radius 2 is 1.61 bits per heavy atom. The molecule has 31 heavy (non-hydrogen) atoms. The molecule has 5 nitrogen and oxygen atoms in total. The van der Waals surface area contributed by atoms with Crippen LogP contribution < -0.4 is 4.74 Å². The second-order valence-electron chi connectivity index (χ2n) is 8.81. The predicted octanol–water partition coefficient (Wildman–Crippen LogP) is 4.22. The topological polar surface area (TPSA) is 49.9 Å². The molecule has 3 aliphatic rings. The van der Waals surface area contributed by atoms with Crippen molar-refractivity contribution >= 4 is 33.0 Å². The largest absolute Gasteiger partial charge is 0.484 e. The van der Waals surface area contributed by atoms with Crippen molar-refractivity contribution in [2.45, 2.75) is 42.3 Å². The number of fused-ring (bicyclic) bond motifs is 1. The number of hydrogen-bond acceptors (Lipinski definition) is 5. The molecular weight excluding hydrogens is 455 g/mol. The van der Waals surface area contributed by atoms with Crippen molar-refractivity contribution in [2.75, 3.05) is 32.4 Å². The van der Waals surface area contributed by atoms with Gasteiger partial charge in [0, 0.05) is 54.1 Å². The van der Waals surface area contributed by atoms with E-state index in [0.29, 0.717) is 15.8 Å². The summed E-state index contributed by atoms with van der Waals surface area (Å²) in [4.78, 5) is 5.39. The fourth-order valence-electron chi connectivity index (χ4n) is 4.86. The highest BCUT2D eigenvalue weighted by molar-refractivity contribution is 7.90. The molecule has 2 aromatic carbocycles. The predicted molar refractivity (Wildman–Crippen MR) is 123 cm³/mol. The van der Waals surface area contributed by atoms with Gasteiger partial charge in [-0.05, 0) is 61.2 Å². The fourth-order valence-corrected chi connectivity index (χ4v) is 6.08. The van der Waals surface area contributed by atoms with Crippen LogP contribution in [0.15, 0.2) is 41.3 Å². The Morgan fingerprint density at radius 3 is 2.23 bits per heavy atom. The smallest absolute Gasteiger partial charge is 0.175 e. The molecule has 5 rings (SSSR count). The summed E-state index contributed by atoms with van der Waals surface area (Å²) < 4.78 is 30.0. The SMILES string of the molecule is CS(=O)(=O)c1ccc(OC2c3cc(Cl)cc(Cl)c3CC2N2CCN(C3CC3)CC2)cc1. The van der Waals surface area contributed by atoms with E-state index in [-0.39, 0.29) is 17.0 Å². The first kappa shape index (κ1) is 21.5. The van der Waals surface area contributed by atoms with Crippen molar-refractivity contribution in [1.29, 1.82) is 0 Å². The van der Waals surface area contributed by atoms with Gasteiger partial charge in [-0.1, -0.05) is 23.2 Å². The van der Waals surface area contributed by atoms with Gasteiger partial charge in [-0.15, -0.1) is 0 Å². The quantitative estimate of drug-likeness (QED) is 0.640. The van der Waals surface area contributed by atoms with Crippen molar-refractivity contribution < 1.29 is 13.2 Å². The number of piperazine rings is 1. The Hall–Kier alpha value is -1.31. The molecule has 2 fully saturated rings. The van der Waals surface area contributed by atoms with Gasteiger partial charge in [0.1, 0.15) is 11.9 Å². The van der Waals surface area contributed by atoms with E-state index >= 15 is 0 Å². The van der Waals surface area contributed by atoms with Crippen LogP contribution in [-0.4, -0.2) is 62.7 Å². The van der Waals surface area contributed by atoms with Crippen molar-refractivity contribution in [3.05, 3.63) is 57.6 Å². The summed E-state index contributed by atoms with van der Waals surface area (Å²) >= 11 is 12.9. The van der Waals surface area contributed by atoms with Crippen molar-refractivity contribution in [3.8, 4) is 5.75 Å². The third-order valence-electron chi connectivity index (χ3n) is 6.66. The van der Waals surface area contributed by atoms with Crippen LogP contribution in [0.1, 0.15) is 30.1 Å². The lowest BCUT2D eigenvalue weighted by Crippen LogP contribution is -2.52. The Kier molecular flexibility index (Phi) is 5.72. The molecule has 2 atom stereocenters. The molecule has 2 aliphatic carbocycles. The summed E-state index contributed by atoms with van der Waals surface area (Å²) in [7, 11) is -3.25. The highest BCUT2D eigenvalue weighted by Crippen LogP contribution is 2.43. The van der Waals surface area contributed by atoms with Gasteiger partial charge in [0.2, 0.25) is 0 Å². The summed E-state index contributed by atoms with van der Waals surface area (Å²) in [6, 6.07) is 11.3. The van der Waals surface area contributed by atoms with E-state index in [1.165, 1.54) is 19.1 Å². The average Bonchev–Trinajstić information content (AvgIpc) is 3.51. The summed E-state index contributed by atoms with van der Waals surface area (Å²) in [5.74, 6) is 0.642. The van der Waals surface area contributed by atoms with Gasteiger partial charge in [0.05, 0.1) is 10.9 Å². The van der Waals surface area contributed by atoms with E-state index in [4.69, 9.17) is 27.9 Å². The maximum absolute atomic E-state index is 11.8. The van der Waals surface area contributed by atoms with E-state index in [1.54, 1.807) is 30.3 Å². The lowest BCUT2D eigenvalue weighted by molar-refractivity contribution is 0.0367. The zero-order chi connectivity index (χ0) is 21.8. The third kappa shape index (κ3) is 4.46. The number of benzene rings is 2. The number of ether oxygens (including phenoxy) is 1. The first-order chi connectivity index (χ1) is 14.8. The van der Waals surface area contributed by atoms with Crippen molar-refractivity contribution in [1.82, 2.24) is 9.80 Å². The Balaban J connectivity index is 1.41. The number of sulfone groups is 1. The van der Waals surface area contributed by atoms with Crippen LogP contribution in [-0.2, 0) is 16.3 Å². The lowest BCUT2D eigenvalue weighted by atomic mass is 10.1. The summed E-state index contributed by atoms with van der Waals surface area (Å²) in [5, 5.41) is 1.28. The molecule has 166 valence electrons. The molecule has 0 radical (unpaired) electrons. The van der Waals surface area contributed by atoms with Crippen LogP contribution in [0, 0.1) is 0 Å². The van der Waals surface area contributed by atoms with Crippen LogP contribution in [0.2, 0.25) is 10.0 Å². The van der Waals surface area contributed by atoms with Crippen LogP contribution >= 0.6 is 23.2 Å². The third-order valence-corrected chi connectivity index (χ3v) is 8.34. The van der Waals surface area contributed by atoms with Crippen LogP contribution in [0.4, 0.5) is 0 Å². The Morgan fingerprint density at radius 1 is 0.968 bits per heavy atom. The van der Waals surface area contributed by atoms with E-state index in [0.717, 1.165) is 49.8 Å². The van der Waals surface area contributed by atoms with Gasteiger partial charge in [-0.25, -0.2) is 8.42 Å². The van der Waals surface area contributed by atoms with Crippen LogP contribution in [0.3, 0.4) is 0 Å². The second kappa shape index (κ2) is 8.23.